The van der Waals surface area contributed by atoms with Gasteiger partial charge in [-0.3, -0.25) is 9.69 Å². The van der Waals surface area contributed by atoms with Crippen molar-refractivity contribution in [2.45, 2.75) is 57.9 Å². The maximum absolute atomic E-state index is 12.4. The predicted octanol–water partition coefficient (Wildman–Crippen LogP) is 1.84. The molecule has 0 radical (unpaired) electrons. The van der Waals surface area contributed by atoms with Gasteiger partial charge in [-0.1, -0.05) is 12.8 Å². The van der Waals surface area contributed by atoms with Crippen LogP contribution in [0.4, 0.5) is 0 Å². The van der Waals surface area contributed by atoms with Crippen LogP contribution in [0.15, 0.2) is 0 Å². The van der Waals surface area contributed by atoms with Crippen molar-refractivity contribution in [3.8, 4) is 0 Å². The van der Waals surface area contributed by atoms with E-state index in [1.807, 2.05) is 0 Å². The Kier molecular flexibility index (Phi) is 5.44. The molecule has 1 aliphatic heterocycles. The van der Waals surface area contributed by atoms with Gasteiger partial charge >= 0.3 is 0 Å². The van der Waals surface area contributed by atoms with Crippen LogP contribution < -0.4 is 5.73 Å². The Bertz CT molecular complexity index is 318. The molecule has 2 N–H and O–H groups in total. The Morgan fingerprint density at radius 1 is 1.10 bits per heavy atom. The lowest BCUT2D eigenvalue weighted by molar-refractivity contribution is -0.132. The van der Waals surface area contributed by atoms with E-state index in [-0.39, 0.29) is 5.54 Å². The molecule has 4 heteroatoms. The number of hydrogen-bond donors (Lipinski definition) is 1. The van der Waals surface area contributed by atoms with Crippen molar-refractivity contribution in [3.05, 3.63) is 0 Å². The minimum Gasteiger partial charge on any atom is -0.341 e. The molecule has 4 nitrogen and oxygen atoms in total. The molecule has 0 aromatic heterocycles. The van der Waals surface area contributed by atoms with E-state index in [9.17, 15) is 4.79 Å². The SMILES string of the molecule is CC(C)(N)CN1CCCN(C(=O)CC2CCCC2)CC1. The van der Waals surface area contributed by atoms with Crippen molar-refractivity contribution in [2.24, 2.45) is 11.7 Å². The molecular formula is C16H31N3O. The molecule has 1 saturated carbocycles. The molecule has 20 heavy (non-hydrogen) atoms. The van der Waals surface area contributed by atoms with Gasteiger partial charge in [0.15, 0.2) is 0 Å². The molecule has 0 unspecified atom stereocenters. The second-order valence-electron chi connectivity index (χ2n) is 7.35. The number of nitrogens with zero attached hydrogens (tertiary/aromatic N) is 2. The summed E-state index contributed by atoms with van der Waals surface area (Å²) in [5.74, 6) is 1.04. The quantitative estimate of drug-likeness (QED) is 0.855. The highest BCUT2D eigenvalue weighted by atomic mass is 16.2. The van der Waals surface area contributed by atoms with Crippen molar-refractivity contribution < 1.29 is 4.79 Å². The van der Waals surface area contributed by atoms with Gasteiger partial charge in [-0.2, -0.15) is 0 Å². The Balaban J connectivity index is 1.78. The van der Waals surface area contributed by atoms with E-state index >= 15 is 0 Å². The molecule has 2 fully saturated rings. The van der Waals surface area contributed by atoms with Crippen LogP contribution in [-0.2, 0) is 4.79 Å². The van der Waals surface area contributed by atoms with Gasteiger partial charge in [0, 0.05) is 38.1 Å². The number of nitrogens with two attached hydrogens (primary N) is 1. The fourth-order valence-corrected chi connectivity index (χ4v) is 3.55. The first-order valence-electron chi connectivity index (χ1n) is 8.23. The van der Waals surface area contributed by atoms with E-state index in [0.717, 1.165) is 45.6 Å². The molecule has 1 heterocycles. The summed E-state index contributed by atoms with van der Waals surface area (Å²) in [6, 6.07) is 0. The molecule has 1 amide bonds. The van der Waals surface area contributed by atoms with Crippen LogP contribution in [-0.4, -0.2) is 54.0 Å². The fraction of sp³-hybridized carbons (Fsp3) is 0.938. The highest BCUT2D eigenvalue weighted by Gasteiger charge is 2.25. The lowest BCUT2D eigenvalue weighted by Gasteiger charge is -2.28. The van der Waals surface area contributed by atoms with Gasteiger partial charge in [-0.05, 0) is 45.6 Å². The molecule has 2 aliphatic rings. The molecule has 1 saturated heterocycles. The maximum atomic E-state index is 12.4. The van der Waals surface area contributed by atoms with Crippen molar-refractivity contribution in [2.75, 3.05) is 32.7 Å². The summed E-state index contributed by atoms with van der Waals surface area (Å²) in [4.78, 5) is 16.9. The molecule has 0 aromatic rings. The number of amides is 1. The summed E-state index contributed by atoms with van der Waals surface area (Å²) in [7, 11) is 0. The van der Waals surface area contributed by atoms with Gasteiger partial charge in [-0.25, -0.2) is 0 Å². The molecule has 1 aliphatic carbocycles. The van der Waals surface area contributed by atoms with Crippen molar-refractivity contribution in [3.63, 3.8) is 0 Å². The molecule has 2 rings (SSSR count). The van der Waals surface area contributed by atoms with Gasteiger partial charge < -0.3 is 10.6 Å². The third-order valence-electron chi connectivity index (χ3n) is 4.51. The third kappa shape index (κ3) is 5.06. The zero-order chi connectivity index (χ0) is 14.6. The lowest BCUT2D eigenvalue weighted by Crippen LogP contribution is -2.46. The zero-order valence-corrected chi connectivity index (χ0v) is 13.2. The topological polar surface area (TPSA) is 49.6 Å². The Morgan fingerprint density at radius 2 is 1.80 bits per heavy atom. The smallest absolute Gasteiger partial charge is 0.222 e. The van der Waals surface area contributed by atoms with Gasteiger partial charge in [0.1, 0.15) is 0 Å². The Hall–Kier alpha value is -0.610. The summed E-state index contributed by atoms with van der Waals surface area (Å²) < 4.78 is 0. The molecule has 0 aromatic carbocycles. The minimum absolute atomic E-state index is 0.150. The van der Waals surface area contributed by atoms with Gasteiger partial charge in [0.25, 0.3) is 0 Å². The van der Waals surface area contributed by atoms with Crippen LogP contribution in [0.5, 0.6) is 0 Å². The number of carbonyl (C=O) groups is 1. The number of rotatable bonds is 4. The highest BCUT2D eigenvalue weighted by molar-refractivity contribution is 5.76. The largest absolute Gasteiger partial charge is 0.341 e. The Morgan fingerprint density at radius 3 is 2.45 bits per heavy atom. The fourth-order valence-electron chi connectivity index (χ4n) is 3.55. The molecule has 116 valence electrons. The highest BCUT2D eigenvalue weighted by Crippen LogP contribution is 2.28. The number of carbonyl (C=O) groups excluding carboxylic acids is 1. The number of hydrogen-bond acceptors (Lipinski definition) is 3. The average molecular weight is 281 g/mol. The first-order chi connectivity index (χ1) is 9.44. The lowest BCUT2D eigenvalue weighted by atomic mass is 10.0. The van der Waals surface area contributed by atoms with Crippen LogP contribution in [0.2, 0.25) is 0 Å². The first-order valence-corrected chi connectivity index (χ1v) is 8.23. The minimum atomic E-state index is -0.150. The summed E-state index contributed by atoms with van der Waals surface area (Å²) in [6.45, 7) is 8.89. The standard InChI is InChI=1S/C16H31N3O/c1-16(2,17)13-18-8-5-9-19(11-10-18)15(20)12-14-6-3-4-7-14/h14H,3-13,17H2,1-2H3. The van der Waals surface area contributed by atoms with E-state index in [2.05, 4.69) is 23.6 Å². The van der Waals surface area contributed by atoms with Crippen LogP contribution in [0.25, 0.3) is 0 Å². The predicted molar refractivity (Wildman–Crippen MR) is 82.5 cm³/mol. The first kappa shape index (κ1) is 15.8. The van der Waals surface area contributed by atoms with Crippen molar-refractivity contribution in [1.29, 1.82) is 0 Å². The molecule has 0 bridgehead atoms. The molecule has 0 atom stereocenters. The van der Waals surface area contributed by atoms with Crippen LogP contribution >= 0.6 is 0 Å². The summed E-state index contributed by atoms with van der Waals surface area (Å²) >= 11 is 0. The zero-order valence-electron chi connectivity index (χ0n) is 13.2. The van der Waals surface area contributed by atoms with E-state index < -0.39 is 0 Å². The summed E-state index contributed by atoms with van der Waals surface area (Å²) in [6.07, 6.45) is 7.00. The van der Waals surface area contributed by atoms with Crippen molar-refractivity contribution >= 4 is 5.91 Å². The monoisotopic (exact) mass is 281 g/mol. The van der Waals surface area contributed by atoms with Gasteiger partial charge in [0.05, 0.1) is 0 Å². The maximum Gasteiger partial charge on any atom is 0.222 e. The summed E-state index contributed by atoms with van der Waals surface area (Å²) in [5, 5.41) is 0. The second-order valence-corrected chi connectivity index (χ2v) is 7.35. The average Bonchev–Trinajstić information content (AvgIpc) is 2.73. The van der Waals surface area contributed by atoms with Crippen LogP contribution in [0.1, 0.15) is 52.4 Å². The van der Waals surface area contributed by atoms with Crippen LogP contribution in [0.3, 0.4) is 0 Å². The van der Waals surface area contributed by atoms with Crippen LogP contribution in [0, 0.1) is 5.92 Å². The third-order valence-corrected chi connectivity index (χ3v) is 4.51. The Labute approximate surface area is 123 Å². The molecule has 0 spiro atoms. The van der Waals surface area contributed by atoms with Crippen molar-refractivity contribution in [1.82, 2.24) is 9.80 Å². The molecular weight excluding hydrogens is 250 g/mol. The van der Waals surface area contributed by atoms with Gasteiger partial charge in [-0.15, -0.1) is 0 Å². The van der Waals surface area contributed by atoms with E-state index in [0.29, 0.717) is 11.8 Å². The van der Waals surface area contributed by atoms with E-state index in [4.69, 9.17) is 5.73 Å². The second kappa shape index (κ2) is 6.90. The van der Waals surface area contributed by atoms with E-state index in [1.165, 1.54) is 25.7 Å². The summed E-state index contributed by atoms with van der Waals surface area (Å²) in [5.41, 5.74) is 5.95. The van der Waals surface area contributed by atoms with E-state index in [1.54, 1.807) is 0 Å². The van der Waals surface area contributed by atoms with Gasteiger partial charge in [0.2, 0.25) is 5.91 Å². The normalized spacial score (nSPS) is 23.1.